The molecule has 55 heavy (non-hydrogen) atoms. The second-order valence-corrected chi connectivity index (χ2v) is 17.1. The second-order valence-electron chi connectivity index (χ2n) is 14.4. The first kappa shape index (κ1) is 30.6. The SMILES string of the molecule is O=P1(c2ccccc2)c2ccc(N3c4ccccc4-c4cccc5cccc3c45)cc2Oc2cc(N3c4ccccc4-c4cccc5cccc3c45)ccc21. The fourth-order valence-corrected chi connectivity index (χ4v) is 12.0. The van der Waals surface area contributed by atoms with Crippen molar-refractivity contribution in [3.8, 4) is 33.8 Å². The van der Waals surface area contributed by atoms with Crippen molar-refractivity contribution in [3.63, 3.8) is 0 Å². The van der Waals surface area contributed by atoms with E-state index in [2.05, 4.69) is 155 Å². The van der Waals surface area contributed by atoms with E-state index in [0.29, 0.717) is 22.1 Å². The Morgan fingerprint density at radius 2 is 0.800 bits per heavy atom. The van der Waals surface area contributed by atoms with Crippen LogP contribution in [0, 0.1) is 0 Å². The van der Waals surface area contributed by atoms with Crippen LogP contribution in [0.25, 0.3) is 43.8 Å². The Morgan fingerprint density at radius 1 is 0.382 bits per heavy atom. The monoisotopic (exact) mass is 722 g/mol. The first-order valence-corrected chi connectivity index (χ1v) is 20.3. The maximum atomic E-state index is 16.0. The Bertz CT molecular complexity index is 2940. The molecule has 0 bridgehead atoms. The molecule has 0 atom stereocenters. The lowest BCUT2D eigenvalue weighted by molar-refractivity contribution is 0.485. The van der Waals surface area contributed by atoms with Crippen LogP contribution >= 0.6 is 7.14 Å². The Morgan fingerprint density at radius 3 is 1.31 bits per heavy atom. The van der Waals surface area contributed by atoms with Gasteiger partial charge in [0.05, 0.1) is 33.4 Å². The van der Waals surface area contributed by atoms with Gasteiger partial charge in [0.2, 0.25) is 0 Å². The lowest BCUT2D eigenvalue weighted by Gasteiger charge is -2.36. The third-order valence-electron chi connectivity index (χ3n) is 11.5. The standard InChI is InChI=1S/C50H31N2O2P/c53-55(36-16-2-1-3-17-36)47-28-26-34(51-41-22-6-4-18-37(41)39-20-8-12-32-14-10-24-43(51)49(32)39)30-45(47)54-46-31-35(27-29-48(46)55)52-42-23-7-5-19-38(42)40-21-9-13-33-15-11-25-44(52)50(33)40/h1-31H. The smallest absolute Gasteiger partial charge is 0.178 e. The highest BCUT2D eigenvalue weighted by Crippen LogP contribution is 2.57. The molecule has 12 rings (SSSR count). The number of hydrogen-bond acceptors (Lipinski definition) is 4. The molecule has 0 unspecified atom stereocenters. The second kappa shape index (κ2) is 11.3. The van der Waals surface area contributed by atoms with E-state index in [-0.39, 0.29) is 0 Å². The lowest BCUT2D eigenvalue weighted by Crippen LogP contribution is -2.31. The number of nitrogens with zero attached hydrogens (tertiary/aromatic N) is 2. The number of anilines is 6. The largest absolute Gasteiger partial charge is 0.456 e. The van der Waals surface area contributed by atoms with E-state index in [0.717, 1.165) is 39.4 Å². The molecule has 3 aliphatic rings. The number of rotatable bonds is 3. The van der Waals surface area contributed by atoms with Crippen LogP contribution in [0.3, 0.4) is 0 Å². The molecular weight excluding hydrogens is 692 g/mol. The van der Waals surface area contributed by atoms with Gasteiger partial charge >= 0.3 is 0 Å². The number of ether oxygens (including phenoxy) is 1. The summed E-state index contributed by atoms with van der Waals surface area (Å²) < 4.78 is 23.0. The van der Waals surface area contributed by atoms with Gasteiger partial charge in [-0.3, -0.25) is 0 Å². The first-order valence-electron chi connectivity index (χ1n) is 18.6. The number of hydrogen-bond donors (Lipinski definition) is 0. The molecule has 0 amide bonds. The fourth-order valence-electron chi connectivity index (χ4n) is 9.20. The van der Waals surface area contributed by atoms with Crippen molar-refractivity contribution < 1.29 is 9.30 Å². The number of fused-ring (bicyclic) bond motifs is 6. The zero-order valence-corrected chi connectivity index (χ0v) is 30.5. The van der Waals surface area contributed by atoms with E-state index < -0.39 is 7.14 Å². The van der Waals surface area contributed by atoms with Crippen molar-refractivity contribution in [2.75, 3.05) is 9.80 Å². The third-order valence-corrected chi connectivity index (χ3v) is 14.7. The Kier molecular flexibility index (Phi) is 6.29. The van der Waals surface area contributed by atoms with Crippen molar-refractivity contribution >= 4 is 78.7 Å². The van der Waals surface area contributed by atoms with Gasteiger partial charge in [-0.05, 0) is 70.4 Å². The predicted molar refractivity (Wildman–Crippen MR) is 228 cm³/mol. The average molecular weight is 723 g/mol. The van der Waals surface area contributed by atoms with Gasteiger partial charge in [0.25, 0.3) is 0 Å². The van der Waals surface area contributed by atoms with Crippen LogP contribution in [-0.2, 0) is 4.57 Å². The molecule has 258 valence electrons. The van der Waals surface area contributed by atoms with E-state index in [4.69, 9.17) is 4.74 Å². The van der Waals surface area contributed by atoms with Gasteiger partial charge in [0.1, 0.15) is 11.5 Å². The summed E-state index contributed by atoms with van der Waals surface area (Å²) in [6, 6.07) is 65.4. The summed E-state index contributed by atoms with van der Waals surface area (Å²) in [5, 5.41) is 7.00. The number of para-hydroxylation sites is 2. The quantitative estimate of drug-likeness (QED) is 0.170. The van der Waals surface area contributed by atoms with Crippen molar-refractivity contribution in [1.82, 2.24) is 0 Å². The molecule has 0 fully saturated rings. The number of benzene rings is 9. The molecule has 9 aromatic carbocycles. The molecule has 0 saturated heterocycles. The van der Waals surface area contributed by atoms with E-state index in [1.807, 2.05) is 42.5 Å². The molecule has 0 saturated carbocycles. The zero-order valence-electron chi connectivity index (χ0n) is 29.6. The van der Waals surface area contributed by atoms with Gasteiger partial charge in [-0.2, -0.15) is 0 Å². The summed E-state index contributed by atoms with van der Waals surface area (Å²) in [6.45, 7) is 0. The third kappa shape index (κ3) is 4.20. The minimum atomic E-state index is -3.36. The molecule has 5 heteroatoms. The van der Waals surface area contributed by atoms with E-state index in [1.54, 1.807) is 0 Å². The minimum Gasteiger partial charge on any atom is -0.456 e. The lowest BCUT2D eigenvalue weighted by atomic mass is 9.91. The highest BCUT2D eigenvalue weighted by Gasteiger charge is 2.40. The van der Waals surface area contributed by atoms with Crippen LogP contribution < -0.4 is 30.5 Å². The van der Waals surface area contributed by atoms with Gasteiger partial charge in [0.15, 0.2) is 7.14 Å². The molecule has 0 spiro atoms. The molecule has 4 nitrogen and oxygen atoms in total. The normalized spacial score (nSPS) is 14.1. The summed E-state index contributed by atoms with van der Waals surface area (Å²) in [5.41, 5.74) is 11.1. The minimum absolute atomic E-state index is 0.601. The zero-order chi connectivity index (χ0) is 36.3. The Labute approximate surface area is 318 Å². The molecule has 0 N–H and O–H groups in total. The molecule has 3 aliphatic heterocycles. The fraction of sp³-hybridized carbons (Fsp3) is 0. The van der Waals surface area contributed by atoms with Crippen molar-refractivity contribution in [1.29, 1.82) is 0 Å². The van der Waals surface area contributed by atoms with Crippen LogP contribution in [0.1, 0.15) is 0 Å². The van der Waals surface area contributed by atoms with Gasteiger partial charge in [-0.25, -0.2) is 0 Å². The van der Waals surface area contributed by atoms with E-state index >= 15 is 4.57 Å². The Hall–Kier alpha value is -6.87. The van der Waals surface area contributed by atoms with Crippen LogP contribution in [0.4, 0.5) is 34.1 Å². The summed E-state index contributed by atoms with van der Waals surface area (Å²) >= 11 is 0. The van der Waals surface area contributed by atoms with Gasteiger partial charge in [-0.1, -0.05) is 127 Å². The first-order chi connectivity index (χ1) is 27.2. The molecular formula is C50H31N2O2P. The molecule has 0 aliphatic carbocycles. The maximum absolute atomic E-state index is 16.0. The van der Waals surface area contributed by atoms with Gasteiger partial charge in [0, 0.05) is 50.7 Å². The average Bonchev–Trinajstić information content (AvgIpc) is 3.24. The molecule has 9 aromatic rings. The summed E-state index contributed by atoms with van der Waals surface area (Å²) in [6.07, 6.45) is 0. The molecule has 0 radical (unpaired) electrons. The van der Waals surface area contributed by atoms with Crippen molar-refractivity contribution in [2.24, 2.45) is 0 Å². The summed E-state index contributed by atoms with van der Waals surface area (Å²) in [7, 11) is -3.36. The van der Waals surface area contributed by atoms with Crippen molar-refractivity contribution in [3.05, 3.63) is 188 Å². The van der Waals surface area contributed by atoms with Crippen LogP contribution in [-0.4, -0.2) is 0 Å². The van der Waals surface area contributed by atoms with Crippen molar-refractivity contribution in [2.45, 2.75) is 0 Å². The highest BCUT2D eigenvalue weighted by molar-refractivity contribution is 7.85. The topological polar surface area (TPSA) is 32.8 Å². The summed E-state index contributed by atoms with van der Waals surface area (Å²) in [5.74, 6) is 1.20. The van der Waals surface area contributed by atoms with Gasteiger partial charge in [-0.15, -0.1) is 0 Å². The molecule has 0 aromatic heterocycles. The highest BCUT2D eigenvalue weighted by atomic mass is 31.2. The van der Waals surface area contributed by atoms with E-state index in [1.165, 1.54) is 43.8 Å². The van der Waals surface area contributed by atoms with Crippen LogP contribution in [0.5, 0.6) is 11.5 Å². The van der Waals surface area contributed by atoms with Crippen LogP contribution in [0.15, 0.2) is 188 Å². The Balaban J connectivity index is 1.07. The van der Waals surface area contributed by atoms with Crippen LogP contribution in [0.2, 0.25) is 0 Å². The summed E-state index contributed by atoms with van der Waals surface area (Å²) in [4.78, 5) is 4.63. The molecule has 3 heterocycles. The predicted octanol–water partition coefficient (Wildman–Crippen LogP) is 12.6. The van der Waals surface area contributed by atoms with Gasteiger partial charge < -0.3 is 19.1 Å². The maximum Gasteiger partial charge on any atom is 0.178 e. The van der Waals surface area contributed by atoms with E-state index in [9.17, 15) is 0 Å².